The highest BCUT2D eigenvalue weighted by Gasteiger charge is 2.12. The quantitative estimate of drug-likeness (QED) is 0.0744. The van der Waals surface area contributed by atoms with E-state index < -0.39 is 0 Å². The number of guanidine groups is 1. The molecule has 4 rings (SSSR count). The van der Waals surface area contributed by atoms with Crippen molar-refractivity contribution in [2.24, 2.45) is 16.8 Å². The van der Waals surface area contributed by atoms with Gasteiger partial charge in [0, 0.05) is 52.3 Å². The van der Waals surface area contributed by atoms with E-state index in [1.54, 1.807) is 36.8 Å². The molecule has 0 spiro atoms. The monoisotopic (exact) mass is 524 g/mol. The second-order valence-electron chi connectivity index (χ2n) is 8.65. The van der Waals surface area contributed by atoms with Crippen LogP contribution in [-0.2, 0) is 0 Å². The van der Waals surface area contributed by atoms with Gasteiger partial charge in [0.15, 0.2) is 11.6 Å². The van der Waals surface area contributed by atoms with E-state index in [9.17, 15) is 9.59 Å². The molecule has 2 aromatic carbocycles. The van der Waals surface area contributed by atoms with Crippen LogP contribution in [0.3, 0.4) is 0 Å². The van der Waals surface area contributed by atoms with Crippen molar-refractivity contribution in [1.82, 2.24) is 20.2 Å². The van der Waals surface area contributed by atoms with E-state index in [-0.39, 0.29) is 17.5 Å². The van der Waals surface area contributed by atoms with Crippen LogP contribution in [0.25, 0.3) is 11.3 Å². The Kier molecular flexibility index (Phi) is 8.19. The van der Waals surface area contributed by atoms with Gasteiger partial charge in [0.1, 0.15) is 0 Å². The molecule has 0 saturated heterocycles. The third kappa shape index (κ3) is 7.19. The van der Waals surface area contributed by atoms with E-state index in [0.29, 0.717) is 33.7 Å². The first kappa shape index (κ1) is 26.9. The van der Waals surface area contributed by atoms with Crippen LogP contribution in [0.4, 0.5) is 23.0 Å². The summed E-state index contributed by atoms with van der Waals surface area (Å²) in [5.41, 5.74) is 5.13. The molecule has 0 fully saturated rings. The largest absolute Gasteiger partial charge is 0.324 e. The molecular weight excluding hydrogens is 496 g/mol. The lowest BCUT2D eigenvalue weighted by Gasteiger charge is -2.17. The topological polar surface area (TPSA) is 177 Å². The lowest BCUT2D eigenvalue weighted by Crippen LogP contribution is -2.36. The van der Waals surface area contributed by atoms with E-state index in [2.05, 4.69) is 36.0 Å². The smallest absolute Gasteiger partial charge is 0.227 e. The molecule has 0 unspecified atom stereocenters. The van der Waals surface area contributed by atoms with Crippen molar-refractivity contribution in [3.8, 4) is 11.3 Å². The number of benzene rings is 2. The third-order valence-corrected chi connectivity index (χ3v) is 5.58. The molecule has 0 aliphatic rings. The van der Waals surface area contributed by atoms with Gasteiger partial charge in [-0.25, -0.2) is 21.7 Å². The summed E-state index contributed by atoms with van der Waals surface area (Å²) >= 11 is 0. The summed E-state index contributed by atoms with van der Waals surface area (Å²) in [4.78, 5) is 37.1. The lowest BCUT2D eigenvalue weighted by atomic mass is 10.0. The summed E-state index contributed by atoms with van der Waals surface area (Å²) in [5.74, 6) is 11.4. The normalized spacial score (nSPS) is 11.1. The Balaban J connectivity index is 1.59. The lowest BCUT2D eigenvalue weighted by molar-refractivity contribution is 0.101. The van der Waals surface area contributed by atoms with E-state index >= 15 is 0 Å². The predicted molar refractivity (Wildman–Crippen MR) is 151 cm³/mol. The highest BCUT2D eigenvalue weighted by Crippen LogP contribution is 2.25. The molecule has 2 aromatic heterocycles. The molecule has 0 bridgehead atoms. The van der Waals surface area contributed by atoms with Crippen molar-refractivity contribution >= 4 is 40.5 Å². The number of hydrazone groups is 1. The Morgan fingerprint density at radius 1 is 0.897 bits per heavy atom. The van der Waals surface area contributed by atoms with Gasteiger partial charge >= 0.3 is 0 Å². The van der Waals surface area contributed by atoms with Crippen molar-refractivity contribution in [2.75, 3.05) is 16.0 Å². The van der Waals surface area contributed by atoms with Crippen LogP contribution in [0.2, 0.25) is 0 Å². The van der Waals surface area contributed by atoms with Crippen LogP contribution in [0.1, 0.15) is 40.1 Å². The average molecular weight is 525 g/mol. The molecule has 39 heavy (non-hydrogen) atoms. The zero-order chi connectivity index (χ0) is 27.9. The molecule has 12 nitrogen and oxygen atoms in total. The first-order chi connectivity index (χ1) is 18.7. The van der Waals surface area contributed by atoms with Gasteiger partial charge in [-0.05, 0) is 74.9 Å². The molecule has 0 radical (unpaired) electrons. The van der Waals surface area contributed by atoms with Crippen LogP contribution in [0, 0.1) is 6.92 Å². The number of nitrogens with one attached hydrogen (secondary N) is 3. The van der Waals surface area contributed by atoms with Crippen LogP contribution in [-0.4, -0.2) is 37.7 Å². The number of ketones is 2. The second kappa shape index (κ2) is 11.9. The van der Waals surface area contributed by atoms with Gasteiger partial charge in [0.2, 0.25) is 11.9 Å². The highest BCUT2D eigenvalue weighted by atomic mass is 16.1. The second-order valence-corrected chi connectivity index (χ2v) is 8.65. The predicted octanol–water partition coefficient (Wildman–Crippen LogP) is 3.84. The highest BCUT2D eigenvalue weighted by molar-refractivity contribution is 6.06. The number of pyridine rings is 1. The van der Waals surface area contributed by atoms with Gasteiger partial charge in [0.25, 0.3) is 0 Å². The zero-order valence-corrected chi connectivity index (χ0v) is 21.6. The molecule has 0 amide bonds. The van der Waals surface area contributed by atoms with Crippen LogP contribution >= 0.6 is 0 Å². The van der Waals surface area contributed by atoms with Crippen molar-refractivity contribution in [2.45, 2.75) is 20.8 Å². The van der Waals surface area contributed by atoms with Crippen molar-refractivity contribution in [1.29, 1.82) is 0 Å². The van der Waals surface area contributed by atoms with E-state index in [1.807, 2.05) is 43.3 Å². The fraction of sp³-hybridized carbons (Fsp3) is 0.111. The number of hydrogen-bond acceptors (Lipinski definition) is 10. The molecule has 198 valence electrons. The molecule has 0 aliphatic heterocycles. The molecule has 4 aromatic rings. The Morgan fingerprint density at radius 2 is 1.62 bits per heavy atom. The Morgan fingerprint density at radius 3 is 2.26 bits per heavy atom. The first-order valence-corrected chi connectivity index (χ1v) is 11.9. The minimum absolute atomic E-state index is 0.153. The molecule has 12 heteroatoms. The zero-order valence-electron chi connectivity index (χ0n) is 21.6. The van der Waals surface area contributed by atoms with Gasteiger partial charge in [-0.2, -0.15) is 5.23 Å². The number of Topliss-reactive ketones (excluding diaryl/α,β-unsaturated/α-hetero) is 2. The van der Waals surface area contributed by atoms with E-state index in [0.717, 1.165) is 22.5 Å². The van der Waals surface area contributed by atoms with Crippen molar-refractivity contribution in [3.63, 3.8) is 0 Å². The molecule has 0 aliphatic carbocycles. The number of carbonyl (C=O) groups excluding carboxylic acids is 2. The van der Waals surface area contributed by atoms with Crippen LogP contribution < -0.4 is 27.6 Å². The summed E-state index contributed by atoms with van der Waals surface area (Å²) in [6, 6.07) is 15.9. The number of nitrogens with two attached hydrogens (primary N) is 2. The summed E-state index contributed by atoms with van der Waals surface area (Å²) < 4.78 is 0. The number of aromatic nitrogens is 3. The van der Waals surface area contributed by atoms with Crippen molar-refractivity contribution < 1.29 is 9.59 Å². The van der Waals surface area contributed by atoms with Gasteiger partial charge in [-0.3, -0.25) is 14.6 Å². The number of hydrazine groups is 2. The maximum absolute atomic E-state index is 12.0. The van der Waals surface area contributed by atoms with Crippen molar-refractivity contribution in [3.05, 3.63) is 89.9 Å². The van der Waals surface area contributed by atoms with Gasteiger partial charge in [-0.1, -0.05) is 6.07 Å². The number of aryl methyl sites for hydroxylation is 1. The number of hydrogen-bond donors (Lipinski definition) is 5. The Hall–Kier alpha value is -5.20. The summed E-state index contributed by atoms with van der Waals surface area (Å²) in [6.45, 7) is 4.80. The molecule has 7 N–H and O–H groups in total. The van der Waals surface area contributed by atoms with E-state index in [1.165, 1.54) is 13.8 Å². The Bertz CT molecular complexity index is 1500. The fourth-order valence-electron chi connectivity index (χ4n) is 3.63. The average Bonchev–Trinajstić information content (AvgIpc) is 2.90. The standard InChI is InChI=1S/C27H28N10O2/c1-16-6-7-22(14-25(16)35-26-31-10-8-24(34-26)19-5-4-9-30-15-19)32-27(36-37(28)29)33-23-12-20(17(2)38)11-21(13-23)18(3)39/h4-15H,28-29H2,1-3H3,(H,31,34,35)(H2,32,33,36). The number of carbonyl (C=O) groups is 2. The SMILES string of the molecule is CC(=O)c1cc(NC(=NN(N)N)Nc2ccc(C)c(Nc3nccc(-c4cccnc4)n3)c2)cc(C(C)=O)c1. The summed E-state index contributed by atoms with van der Waals surface area (Å²) in [5, 5.41) is 14.1. The number of rotatable bonds is 8. The van der Waals surface area contributed by atoms with Gasteiger partial charge < -0.3 is 16.0 Å². The fourth-order valence-corrected chi connectivity index (χ4v) is 3.63. The molecule has 2 heterocycles. The first-order valence-electron chi connectivity index (χ1n) is 11.9. The molecular formula is C27H28N10O2. The molecule has 0 saturated carbocycles. The van der Waals surface area contributed by atoms with Gasteiger partial charge in [-0.15, -0.1) is 5.10 Å². The third-order valence-electron chi connectivity index (χ3n) is 5.58. The minimum Gasteiger partial charge on any atom is -0.324 e. The number of nitrogens with zero attached hydrogens (tertiary/aromatic N) is 5. The van der Waals surface area contributed by atoms with E-state index in [4.69, 9.17) is 11.7 Å². The van der Waals surface area contributed by atoms with Crippen LogP contribution in [0.5, 0.6) is 0 Å². The maximum Gasteiger partial charge on any atom is 0.227 e. The Labute approximate surface area is 225 Å². The maximum atomic E-state index is 12.0. The van der Waals surface area contributed by atoms with Gasteiger partial charge in [0.05, 0.1) is 5.69 Å². The number of anilines is 4. The summed E-state index contributed by atoms with van der Waals surface area (Å²) in [7, 11) is 0. The van der Waals surface area contributed by atoms with Crippen LogP contribution in [0.15, 0.2) is 78.3 Å². The minimum atomic E-state index is -0.184. The molecule has 0 atom stereocenters. The summed E-state index contributed by atoms with van der Waals surface area (Å²) in [6.07, 6.45) is 5.11.